The van der Waals surface area contributed by atoms with E-state index in [1.54, 1.807) is 19.2 Å². The predicted molar refractivity (Wildman–Crippen MR) is 90.4 cm³/mol. The average Bonchev–Trinajstić information content (AvgIpc) is 3.05. The number of fused-ring (bicyclic) bond motifs is 1. The predicted octanol–water partition coefficient (Wildman–Crippen LogP) is 4.13. The van der Waals surface area contributed by atoms with Crippen molar-refractivity contribution in [2.45, 2.75) is 19.1 Å². The van der Waals surface area contributed by atoms with Crippen LogP contribution in [0, 0.1) is 0 Å². The quantitative estimate of drug-likeness (QED) is 0.710. The van der Waals surface area contributed by atoms with E-state index in [0.29, 0.717) is 5.75 Å². The molecule has 2 aromatic heterocycles. The molecular weight excluding hydrogens is 365 g/mol. The van der Waals surface area contributed by atoms with Crippen LogP contribution in [0.4, 0.5) is 23.7 Å². The van der Waals surface area contributed by atoms with Crippen molar-refractivity contribution < 1.29 is 27.1 Å². The minimum Gasteiger partial charge on any atom is -0.495 e. The zero-order valence-corrected chi connectivity index (χ0v) is 14.3. The fourth-order valence-corrected chi connectivity index (χ4v) is 2.49. The molecule has 0 spiro atoms. The van der Waals surface area contributed by atoms with Crippen molar-refractivity contribution >= 4 is 22.8 Å². The van der Waals surface area contributed by atoms with Gasteiger partial charge in [-0.25, -0.2) is 9.78 Å². The van der Waals surface area contributed by atoms with Gasteiger partial charge in [-0.15, -0.1) is 0 Å². The van der Waals surface area contributed by atoms with Gasteiger partial charge in [0.1, 0.15) is 11.3 Å². The second-order valence-corrected chi connectivity index (χ2v) is 5.64. The summed E-state index contributed by atoms with van der Waals surface area (Å²) in [6.07, 6.45) is -1.57. The topological polar surface area (TPSA) is 89.3 Å². The van der Waals surface area contributed by atoms with Crippen molar-refractivity contribution in [2.24, 2.45) is 0 Å². The van der Waals surface area contributed by atoms with E-state index >= 15 is 0 Å². The molecule has 1 aromatic carbocycles. The first kappa shape index (κ1) is 18.5. The van der Waals surface area contributed by atoms with E-state index in [4.69, 9.17) is 4.74 Å². The van der Waals surface area contributed by atoms with Gasteiger partial charge in [0.25, 0.3) is 0 Å². The van der Waals surface area contributed by atoms with Crippen molar-refractivity contribution in [2.75, 3.05) is 12.4 Å². The molecule has 7 nitrogen and oxygen atoms in total. The third-order valence-electron chi connectivity index (χ3n) is 3.74. The average molecular weight is 380 g/mol. The Morgan fingerprint density at radius 1 is 1.30 bits per heavy atom. The maximum absolute atomic E-state index is 12.7. The number of alkyl halides is 3. The van der Waals surface area contributed by atoms with Crippen LogP contribution in [0.1, 0.15) is 24.4 Å². The number of hydrogen-bond acceptors (Lipinski definition) is 5. The Morgan fingerprint density at radius 3 is 2.78 bits per heavy atom. The van der Waals surface area contributed by atoms with Crippen molar-refractivity contribution in [3.05, 3.63) is 48.1 Å². The number of benzene rings is 1. The molecule has 2 heterocycles. The highest BCUT2D eigenvalue weighted by Gasteiger charge is 2.37. The molecule has 0 aliphatic carbocycles. The number of nitrogens with zero attached hydrogens (tertiary/aromatic N) is 2. The number of nitrogens with one attached hydrogen (secondary N) is 2. The molecule has 3 aromatic rings. The Labute approximate surface area is 151 Å². The van der Waals surface area contributed by atoms with Gasteiger partial charge in [0.2, 0.25) is 0 Å². The van der Waals surface area contributed by atoms with Crippen LogP contribution < -0.4 is 15.4 Å². The maximum Gasteiger partial charge on any atom is 0.468 e. The summed E-state index contributed by atoms with van der Waals surface area (Å²) in [5, 5.41) is 5.27. The van der Waals surface area contributed by atoms with Crippen LogP contribution in [0.25, 0.3) is 11.1 Å². The largest absolute Gasteiger partial charge is 0.495 e. The van der Waals surface area contributed by atoms with Gasteiger partial charge >= 0.3 is 18.1 Å². The first-order valence-corrected chi connectivity index (χ1v) is 7.81. The lowest BCUT2D eigenvalue weighted by atomic mass is 10.1. The number of rotatable bonds is 4. The number of anilines is 1. The normalized spacial score (nSPS) is 12.6. The lowest BCUT2D eigenvalue weighted by Crippen LogP contribution is -2.31. The van der Waals surface area contributed by atoms with E-state index in [9.17, 15) is 18.0 Å². The number of aromatic nitrogens is 2. The minimum absolute atomic E-state index is 0.0102. The van der Waals surface area contributed by atoms with Gasteiger partial charge in [-0.2, -0.15) is 13.2 Å². The molecular formula is C17H15F3N4O3. The van der Waals surface area contributed by atoms with Crippen LogP contribution in [-0.2, 0) is 6.18 Å². The van der Waals surface area contributed by atoms with Crippen LogP contribution in [0.3, 0.4) is 0 Å². The summed E-state index contributed by atoms with van der Waals surface area (Å²) >= 11 is 0. The molecule has 2 N–H and O–H groups in total. The van der Waals surface area contributed by atoms with Crippen LogP contribution in [0.2, 0.25) is 0 Å². The smallest absolute Gasteiger partial charge is 0.468 e. The van der Waals surface area contributed by atoms with Crippen LogP contribution in [-0.4, -0.2) is 23.1 Å². The number of carbonyl (C=O) groups is 1. The number of urea groups is 1. The van der Waals surface area contributed by atoms with Crippen molar-refractivity contribution in [3.63, 3.8) is 0 Å². The monoisotopic (exact) mass is 380 g/mol. The molecule has 27 heavy (non-hydrogen) atoms. The van der Waals surface area contributed by atoms with Gasteiger partial charge in [0.15, 0.2) is 5.58 Å². The highest BCUT2D eigenvalue weighted by atomic mass is 19.4. The van der Waals surface area contributed by atoms with Gasteiger partial charge in [0.05, 0.1) is 19.3 Å². The standard InChI is InChI=1S/C17H15F3N4O3/c1-9(11-5-6-21-8-14(11)26-2)22-16(25)23-10-3-4-13-12(7-10)24-15(27-13)17(18,19)20/h3-9H,1-2H3,(H2,22,23,25)/t9-/m0/s1. The van der Waals surface area contributed by atoms with E-state index < -0.39 is 24.1 Å². The molecule has 0 unspecified atom stereocenters. The van der Waals surface area contributed by atoms with E-state index in [0.717, 1.165) is 5.56 Å². The summed E-state index contributed by atoms with van der Waals surface area (Å²) in [5.41, 5.74) is 0.965. The number of hydrogen-bond donors (Lipinski definition) is 2. The third kappa shape index (κ3) is 4.10. The number of methoxy groups -OCH3 is 1. The number of halogens is 3. The maximum atomic E-state index is 12.7. The van der Waals surface area contributed by atoms with E-state index in [1.165, 1.54) is 31.5 Å². The van der Waals surface area contributed by atoms with E-state index in [-0.39, 0.29) is 16.8 Å². The van der Waals surface area contributed by atoms with Crippen molar-refractivity contribution in [1.82, 2.24) is 15.3 Å². The van der Waals surface area contributed by atoms with Gasteiger partial charge in [0, 0.05) is 17.4 Å². The van der Waals surface area contributed by atoms with Gasteiger partial charge in [-0.3, -0.25) is 4.98 Å². The highest BCUT2D eigenvalue weighted by molar-refractivity contribution is 5.91. The number of ether oxygens (including phenoxy) is 1. The molecule has 1 atom stereocenters. The Balaban J connectivity index is 1.72. The first-order valence-electron chi connectivity index (χ1n) is 7.81. The number of carbonyl (C=O) groups excluding carboxylic acids is 1. The lowest BCUT2D eigenvalue weighted by Gasteiger charge is -2.17. The molecule has 0 aliphatic heterocycles. The summed E-state index contributed by atoms with van der Waals surface area (Å²) in [6.45, 7) is 1.76. The second-order valence-electron chi connectivity index (χ2n) is 5.64. The fourth-order valence-electron chi connectivity index (χ4n) is 2.49. The minimum atomic E-state index is -4.68. The molecule has 0 radical (unpaired) electrons. The van der Waals surface area contributed by atoms with E-state index in [1.807, 2.05) is 0 Å². The number of pyridine rings is 1. The highest BCUT2D eigenvalue weighted by Crippen LogP contribution is 2.32. The van der Waals surface area contributed by atoms with Crippen molar-refractivity contribution in [1.29, 1.82) is 0 Å². The Morgan fingerprint density at radius 2 is 2.07 bits per heavy atom. The summed E-state index contributed by atoms with van der Waals surface area (Å²) in [6, 6.07) is 4.80. The third-order valence-corrected chi connectivity index (χ3v) is 3.74. The molecule has 0 bridgehead atoms. The van der Waals surface area contributed by atoms with Crippen LogP contribution >= 0.6 is 0 Å². The lowest BCUT2D eigenvalue weighted by molar-refractivity contribution is -0.156. The SMILES string of the molecule is COc1cnccc1[C@H](C)NC(=O)Nc1ccc2oc(C(F)(F)F)nc2c1. The summed E-state index contributed by atoms with van der Waals surface area (Å²) < 4.78 is 47.8. The Bertz CT molecular complexity index is 971. The van der Waals surface area contributed by atoms with Crippen molar-refractivity contribution in [3.8, 4) is 5.75 Å². The zero-order valence-electron chi connectivity index (χ0n) is 14.3. The summed E-state index contributed by atoms with van der Waals surface area (Å²) in [5.74, 6) is -0.813. The Hall–Kier alpha value is -3.30. The first-order chi connectivity index (χ1) is 12.8. The van der Waals surface area contributed by atoms with Gasteiger partial charge < -0.3 is 19.8 Å². The molecule has 3 rings (SSSR count). The van der Waals surface area contributed by atoms with Gasteiger partial charge in [-0.1, -0.05) is 0 Å². The van der Waals surface area contributed by atoms with E-state index in [2.05, 4.69) is 25.0 Å². The zero-order chi connectivity index (χ0) is 19.6. The summed E-state index contributed by atoms with van der Waals surface area (Å²) in [4.78, 5) is 19.5. The molecule has 2 amide bonds. The molecule has 0 saturated heterocycles. The number of amides is 2. The fraction of sp³-hybridized carbons (Fsp3) is 0.235. The molecule has 142 valence electrons. The van der Waals surface area contributed by atoms with Gasteiger partial charge in [-0.05, 0) is 31.2 Å². The molecule has 0 fully saturated rings. The number of oxazole rings is 1. The Kier molecular flexibility index (Phi) is 4.89. The molecule has 10 heteroatoms. The molecule has 0 aliphatic rings. The second kappa shape index (κ2) is 7.14. The summed E-state index contributed by atoms with van der Waals surface area (Å²) in [7, 11) is 1.50. The van der Waals surface area contributed by atoms with Crippen LogP contribution in [0.5, 0.6) is 5.75 Å². The van der Waals surface area contributed by atoms with Crippen LogP contribution in [0.15, 0.2) is 41.1 Å². The molecule has 0 saturated carbocycles.